The van der Waals surface area contributed by atoms with E-state index >= 15 is 0 Å². The number of esters is 1. The fraction of sp³-hybridized carbons (Fsp3) is 0.190. The normalized spacial score (nSPS) is 10.4. The van der Waals surface area contributed by atoms with E-state index in [2.05, 4.69) is 26.3 Å². The number of carbonyl (C=O) groups is 2. The van der Waals surface area contributed by atoms with Crippen LogP contribution < -0.4 is 10.1 Å². The quantitative estimate of drug-likeness (QED) is 0.539. The van der Waals surface area contributed by atoms with Crippen molar-refractivity contribution in [1.82, 2.24) is 9.78 Å². The zero-order valence-corrected chi connectivity index (χ0v) is 17.6. The Labute approximate surface area is 176 Å². The van der Waals surface area contributed by atoms with Gasteiger partial charge in [0.05, 0.1) is 29.7 Å². The van der Waals surface area contributed by atoms with E-state index in [0.717, 1.165) is 15.9 Å². The van der Waals surface area contributed by atoms with Gasteiger partial charge in [0.1, 0.15) is 5.75 Å². The number of nitrogens with one attached hydrogen (secondary N) is 1. The summed E-state index contributed by atoms with van der Waals surface area (Å²) in [6.07, 6.45) is 1.54. The lowest BCUT2D eigenvalue weighted by Crippen LogP contribution is -2.15. The molecule has 29 heavy (non-hydrogen) atoms. The predicted octanol–water partition coefficient (Wildman–Crippen LogP) is 4.14. The van der Waals surface area contributed by atoms with Crippen LogP contribution in [0.4, 0.5) is 5.69 Å². The van der Waals surface area contributed by atoms with Crippen molar-refractivity contribution in [3.05, 3.63) is 70.5 Å². The van der Waals surface area contributed by atoms with Crippen LogP contribution in [0.1, 0.15) is 23.0 Å². The SMILES string of the molecule is CCOC(=O)COc1cccc(NC(=O)c2cnn(-c3ccc(Br)cc3)c2C)c1. The summed E-state index contributed by atoms with van der Waals surface area (Å²) >= 11 is 3.40. The minimum absolute atomic E-state index is 0.190. The zero-order valence-electron chi connectivity index (χ0n) is 16.0. The minimum atomic E-state index is -0.446. The average molecular weight is 458 g/mol. The molecule has 0 saturated carbocycles. The van der Waals surface area contributed by atoms with Crippen molar-refractivity contribution in [2.75, 3.05) is 18.5 Å². The third-order valence-electron chi connectivity index (χ3n) is 4.08. The van der Waals surface area contributed by atoms with E-state index in [0.29, 0.717) is 23.6 Å². The molecular formula is C21H20BrN3O4. The molecule has 150 valence electrons. The maximum absolute atomic E-state index is 12.7. The first-order valence-electron chi connectivity index (χ1n) is 8.98. The third kappa shape index (κ3) is 5.23. The van der Waals surface area contributed by atoms with Crippen LogP contribution in [-0.4, -0.2) is 34.9 Å². The summed E-state index contributed by atoms with van der Waals surface area (Å²) in [4.78, 5) is 24.1. The Kier molecular flexibility index (Phi) is 6.66. The van der Waals surface area contributed by atoms with Gasteiger partial charge >= 0.3 is 5.97 Å². The second-order valence-corrected chi connectivity index (χ2v) is 7.02. The van der Waals surface area contributed by atoms with Gasteiger partial charge in [-0.3, -0.25) is 4.79 Å². The molecule has 8 heteroatoms. The van der Waals surface area contributed by atoms with E-state index in [-0.39, 0.29) is 12.5 Å². The molecule has 0 radical (unpaired) electrons. The van der Waals surface area contributed by atoms with Crippen molar-refractivity contribution in [2.45, 2.75) is 13.8 Å². The molecule has 1 amide bonds. The van der Waals surface area contributed by atoms with Gasteiger partial charge in [-0.1, -0.05) is 22.0 Å². The standard InChI is InChI=1S/C21H20BrN3O4/c1-3-28-20(26)13-29-18-6-4-5-16(11-18)24-21(27)19-12-23-25(14(19)2)17-9-7-15(22)8-10-17/h4-12H,3,13H2,1-2H3,(H,24,27). The molecule has 2 aromatic carbocycles. The van der Waals surface area contributed by atoms with E-state index in [1.165, 1.54) is 6.20 Å². The zero-order chi connectivity index (χ0) is 20.8. The molecule has 0 bridgehead atoms. The first kappa shape index (κ1) is 20.6. The van der Waals surface area contributed by atoms with Crippen molar-refractivity contribution < 1.29 is 19.1 Å². The number of hydrogen-bond donors (Lipinski definition) is 1. The predicted molar refractivity (Wildman–Crippen MR) is 113 cm³/mol. The number of amides is 1. The third-order valence-corrected chi connectivity index (χ3v) is 4.61. The maximum Gasteiger partial charge on any atom is 0.344 e. The molecule has 1 N–H and O–H groups in total. The molecule has 0 atom stereocenters. The highest BCUT2D eigenvalue weighted by atomic mass is 79.9. The lowest BCUT2D eigenvalue weighted by atomic mass is 10.2. The van der Waals surface area contributed by atoms with E-state index in [1.807, 2.05) is 31.2 Å². The van der Waals surface area contributed by atoms with Gasteiger partial charge in [0, 0.05) is 16.2 Å². The van der Waals surface area contributed by atoms with Crippen LogP contribution in [-0.2, 0) is 9.53 Å². The van der Waals surface area contributed by atoms with Gasteiger partial charge in [0.2, 0.25) is 0 Å². The number of carbonyl (C=O) groups excluding carboxylic acids is 2. The maximum atomic E-state index is 12.7. The smallest absolute Gasteiger partial charge is 0.344 e. The Morgan fingerprint density at radius 2 is 1.93 bits per heavy atom. The van der Waals surface area contributed by atoms with Gasteiger partial charge in [0.15, 0.2) is 6.61 Å². The summed E-state index contributed by atoms with van der Waals surface area (Å²) in [6.45, 7) is 3.67. The number of ether oxygens (including phenoxy) is 2. The van der Waals surface area contributed by atoms with Crippen LogP contribution in [0.15, 0.2) is 59.2 Å². The van der Waals surface area contributed by atoms with Crippen molar-refractivity contribution in [1.29, 1.82) is 0 Å². The second-order valence-electron chi connectivity index (χ2n) is 6.11. The van der Waals surface area contributed by atoms with Crippen LogP contribution in [0.2, 0.25) is 0 Å². The molecule has 0 saturated heterocycles. The summed E-state index contributed by atoms with van der Waals surface area (Å²) in [5.41, 5.74) is 2.59. The average Bonchev–Trinajstić information content (AvgIpc) is 3.09. The molecular weight excluding hydrogens is 438 g/mol. The van der Waals surface area contributed by atoms with Crippen LogP contribution >= 0.6 is 15.9 Å². The molecule has 0 spiro atoms. The lowest BCUT2D eigenvalue weighted by molar-refractivity contribution is -0.145. The lowest BCUT2D eigenvalue weighted by Gasteiger charge is -2.09. The van der Waals surface area contributed by atoms with E-state index < -0.39 is 5.97 Å². The highest BCUT2D eigenvalue weighted by Crippen LogP contribution is 2.21. The second kappa shape index (κ2) is 9.38. The topological polar surface area (TPSA) is 82.4 Å². The highest BCUT2D eigenvalue weighted by molar-refractivity contribution is 9.10. The first-order valence-corrected chi connectivity index (χ1v) is 9.77. The minimum Gasteiger partial charge on any atom is -0.482 e. The molecule has 1 aromatic heterocycles. The molecule has 3 rings (SSSR count). The molecule has 0 unspecified atom stereocenters. The number of aromatic nitrogens is 2. The molecule has 3 aromatic rings. The molecule has 7 nitrogen and oxygen atoms in total. The van der Waals surface area contributed by atoms with Crippen molar-refractivity contribution in [3.8, 4) is 11.4 Å². The van der Waals surface area contributed by atoms with Crippen LogP contribution in [0.5, 0.6) is 5.75 Å². The Morgan fingerprint density at radius 1 is 1.17 bits per heavy atom. The van der Waals surface area contributed by atoms with Crippen LogP contribution in [0.25, 0.3) is 5.69 Å². The number of hydrogen-bond acceptors (Lipinski definition) is 5. The Morgan fingerprint density at radius 3 is 2.66 bits per heavy atom. The number of benzene rings is 2. The fourth-order valence-electron chi connectivity index (χ4n) is 2.68. The first-order chi connectivity index (χ1) is 14.0. The van der Waals surface area contributed by atoms with Crippen molar-refractivity contribution >= 4 is 33.5 Å². The molecule has 1 heterocycles. The number of halogens is 1. The van der Waals surface area contributed by atoms with Gasteiger partial charge in [-0.2, -0.15) is 5.10 Å². The molecule has 0 aliphatic carbocycles. The van der Waals surface area contributed by atoms with Gasteiger partial charge in [-0.05, 0) is 50.2 Å². The Balaban J connectivity index is 1.70. The van der Waals surface area contributed by atoms with Gasteiger partial charge < -0.3 is 14.8 Å². The van der Waals surface area contributed by atoms with Gasteiger partial charge in [-0.25, -0.2) is 9.48 Å². The van der Waals surface area contributed by atoms with Gasteiger partial charge in [0.25, 0.3) is 5.91 Å². The van der Waals surface area contributed by atoms with E-state index in [4.69, 9.17) is 9.47 Å². The van der Waals surface area contributed by atoms with Crippen LogP contribution in [0, 0.1) is 6.92 Å². The monoisotopic (exact) mass is 457 g/mol. The van der Waals surface area contributed by atoms with E-state index in [9.17, 15) is 9.59 Å². The van der Waals surface area contributed by atoms with Crippen LogP contribution in [0.3, 0.4) is 0 Å². The van der Waals surface area contributed by atoms with Crippen molar-refractivity contribution in [2.24, 2.45) is 0 Å². The van der Waals surface area contributed by atoms with Crippen molar-refractivity contribution in [3.63, 3.8) is 0 Å². The Bertz CT molecular complexity index is 1020. The summed E-state index contributed by atoms with van der Waals surface area (Å²) in [5, 5.41) is 7.16. The molecule has 0 aliphatic heterocycles. The fourth-order valence-corrected chi connectivity index (χ4v) is 2.95. The number of rotatable bonds is 7. The summed E-state index contributed by atoms with van der Waals surface area (Å²) in [7, 11) is 0. The summed E-state index contributed by atoms with van der Waals surface area (Å²) < 4.78 is 12.9. The molecule has 0 aliphatic rings. The van der Waals surface area contributed by atoms with E-state index in [1.54, 1.807) is 35.9 Å². The molecule has 0 fully saturated rings. The summed E-state index contributed by atoms with van der Waals surface area (Å²) in [5.74, 6) is -0.274. The number of anilines is 1. The highest BCUT2D eigenvalue weighted by Gasteiger charge is 2.16. The largest absolute Gasteiger partial charge is 0.482 e. The number of nitrogens with zero attached hydrogens (tertiary/aromatic N) is 2. The Hall–Kier alpha value is -3.13. The van der Waals surface area contributed by atoms with Gasteiger partial charge in [-0.15, -0.1) is 0 Å². The summed E-state index contributed by atoms with van der Waals surface area (Å²) in [6, 6.07) is 14.5.